The number of ketones is 1. The third kappa shape index (κ3) is 3.92. The van der Waals surface area contributed by atoms with Gasteiger partial charge in [-0.25, -0.2) is 4.68 Å². The van der Waals surface area contributed by atoms with Gasteiger partial charge in [-0.15, -0.1) is 0 Å². The number of phenolic OH excluding ortho intramolecular Hbond substituents is 1. The monoisotopic (exact) mass is 362 g/mol. The molecule has 1 N–H and O–H groups in total. The first kappa shape index (κ1) is 18.5. The summed E-state index contributed by atoms with van der Waals surface area (Å²) in [5, 5.41) is 14.3. The zero-order chi connectivity index (χ0) is 19.4. The van der Waals surface area contributed by atoms with Crippen molar-refractivity contribution in [2.75, 3.05) is 6.61 Å². The first-order valence-electron chi connectivity index (χ1n) is 8.81. The van der Waals surface area contributed by atoms with Gasteiger partial charge in [0.1, 0.15) is 0 Å². The van der Waals surface area contributed by atoms with E-state index in [1.54, 1.807) is 29.0 Å². The van der Waals surface area contributed by atoms with Crippen molar-refractivity contribution in [2.45, 2.75) is 20.8 Å². The molecular weight excluding hydrogens is 340 g/mol. The lowest BCUT2D eigenvalue weighted by Crippen LogP contribution is -2.01. The predicted octanol–water partition coefficient (Wildman–Crippen LogP) is 4.49. The van der Waals surface area contributed by atoms with Gasteiger partial charge in [-0.1, -0.05) is 30.3 Å². The van der Waals surface area contributed by atoms with E-state index >= 15 is 0 Å². The number of nitrogens with zero attached hydrogens (tertiary/aromatic N) is 2. The van der Waals surface area contributed by atoms with Crippen LogP contribution in [0.15, 0.2) is 54.6 Å². The molecule has 5 heteroatoms. The van der Waals surface area contributed by atoms with Crippen molar-refractivity contribution >= 4 is 11.9 Å². The number of hydrogen-bond acceptors (Lipinski definition) is 4. The largest absolute Gasteiger partial charge is 0.504 e. The topological polar surface area (TPSA) is 64.3 Å². The van der Waals surface area contributed by atoms with Crippen LogP contribution >= 0.6 is 0 Å². The molecule has 0 aliphatic rings. The van der Waals surface area contributed by atoms with Gasteiger partial charge < -0.3 is 9.84 Å². The smallest absolute Gasteiger partial charge is 0.189 e. The molecule has 0 amide bonds. The van der Waals surface area contributed by atoms with E-state index in [1.807, 2.05) is 51.1 Å². The van der Waals surface area contributed by atoms with Crippen LogP contribution in [0.3, 0.4) is 0 Å². The maximum Gasteiger partial charge on any atom is 0.189 e. The second-order valence-corrected chi connectivity index (χ2v) is 6.15. The Morgan fingerprint density at radius 3 is 2.63 bits per heavy atom. The summed E-state index contributed by atoms with van der Waals surface area (Å²) in [6.07, 6.45) is 3.23. The summed E-state index contributed by atoms with van der Waals surface area (Å²) < 4.78 is 7.16. The second kappa shape index (κ2) is 7.91. The van der Waals surface area contributed by atoms with Crippen molar-refractivity contribution in [3.05, 3.63) is 77.1 Å². The maximum atomic E-state index is 12.8. The van der Waals surface area contributed by atoms with E-state index in [0.717, 1.165) is 16.9 Å². The number of aromatic hydroxyl groups is 1. The fraction of sp³-hybridized carbons (Fsp3) is 0.182. The molecule has 0 aliphatic carbocycles. The fourth-order valence-corrected chi connectivity index (χ4v) is 2.98. The normalized spacial score (nSPS) is 11.1. The minimum absolute atomic E-state index is 0.0798. The van der Waals surface area contributed by atoms with Crippen LogP contribution in [0.2, 0.25) is 0 Å². The highest BCUT2D eigenvalue weighted by atomic mass is 16.5. The van der Waals surface area contributed by atoms with Crippen molar-refractivity contribution in [3.8, 4) is 17.2 Å². The van der Waals surface area contributed by atoms with E-state index in [2.05, 4.69) is 5.10 Å². The Morgan fingerprint density at radius 2 is 1.93 bits per heavy atom. The average Bonchev–Trinajstić information content (AvgIpc) is 2.97. The molecule has 27 heavy (non-hydrogen) atoms. The van der Waals surface area contributed by atoms with E-state index in [-0.39, 0.29) is 11.5 Å². The zero-order valence-corrected chi connectivity index (χ0v) is 15.6. The predicted molar refractivity (Wildman–Crippen MR) is 106 cm³/mol. The zero-order valence-electron chi connectivity index (χ0n) is 15.6. The average molecular weight is 362 g/mol. The molecule has 3 rings (SSSR count). The molecule has 0 atom stereocenters. The van der Waals surface area contributed by atoms with Crippen molar-refractivity contribution in [2.24, 2.45) is 0 Å². The number of benzene rings is 2. The molecule has 3 aromatic rings. The summed E-state index contributed by atoms with van der Waals surface area (Å²) in [7, 11) is 0. The lowest BCUT2D eigenvalue weighted by molar-refractivity contribution is 0.104. The van der Waals surface area contributed by atoms with Gasteiger partial charge >= 0.3 is 0 Å². The van der Waals surface area contributed by atoms with Gasteiger partial charge in [-0.2, -0.15) is 5.10 Å². The Kier molecular flexibility index (Phi) is 5.41. The minimum atomic E-state index is -0.113. The number of hydrogen-bond donors (Lipinski definition) is 1. The number of ether oxygens (including phenoxy) is 1. The number of rotatable bonds is 6. The van der Waals surface area contributed by atoms with Gasteiger partial charge in [-0.3, -0.25) is 4.79 Å². The van der Waals surface area contributed by atoms with Crippen molar-refractivity contribution < 1.29 is 14.6 Å². The van der Waals surface area contributed by atoms with Gasteiger partial charge in [0.15, 0.2) is 17.3 Å². The molecule has 0 radical (unpaired) electrons. The maximum absolute atomic E-state index is 12.8. The van der Waals surface area contributed by atoms with Crippen LogP contribution in [0, 0.1) is 13.8 Å². The fourth-order valence-electron chi connectivity index (χ4n) is 2.98. The lowest BCUT2D eigenvalue weighted by atomic mass is 10.1. The Labute approximate surface area is 158 Å². The lowest BCUT2D eigenvalue weighted by Gasteiger charge is -2.06. The van der Waals surface area contributed by atoms with Gasteiger partial charge in [0, 0.05) is 0 Å². The number of carbonyl (C=O) groups excluding carboxylic acids is 1. The number of phenols is 1. The SMILES string of the molecule is CCOc1cc(/C=C/C(=O)c2c(C)nn(-c3ccccc3)c2C)ccc1O. The Balaban J connectivity index is 1.88. The number of allylic oxidation sites excluding steroid dienone is 1. The van der Waals surface area contributed by atoms with Crippen LogP contribution in [-0.2, 0) is 0 Å². The molecule has 1 aromatic heterocycles. The highest BCUT2D eigenvalue weighted by Crippen LogP contribution is 2.27. The second-order valence-electron chi connectivity index (χ2n) is 6.15. The molecule has 0 aliphatic heterocycles. The van der Waals surface area contributed by atoms with Crippen LogP contribution < -0.4 is 4.74 Å². The van der Waals surface area contributed by atoms with E-state index in [1.165, 1.54) is 6.08 Å². The molecule has 138 valence electrons. The third-order valence-corrected chi connectivity index (χ3v) is 4.25. The van der Waals surface area contributed by atoms with Crippen LogP contribution in [-0.4, -0.2) is 27.3 Å². The van der Waals surface area contributed by atoms with Crippen LogP contribution in [0.4, 0.5) is 0 Å². The van der Waals surface area contributed by atoms with Crippen molar-refractivity contribution in [1.29, 1.82) is 0 Å². The molecule has 0 spiro atoms. The minimum Gasteiger partial charge on any atom is -0.504 e. The van der Waals surface area contributed by atoms with E-state index in [9.17, 15) is 9.90 Å². The molecule has 0 saturated carbocycles. The van der Waals surface area contributed by atoms with Crippen LogP contribution in [0.5, 0.6) is 11.5 Å². The number of carbonyl (C=O) groups is 1. The van der Waals surface area contributed by atoms with E-state index in [4.69, 9.17) is 4.74 Å². The summed E-state index contributed by atoms with van der Waals surface area (Å²) in [6, 6.07) is 14.7. The van der Waals surface area contributed by atoms with Gasteiger partial charge in [-0.05, 0) is 56.7 Å². The summed E-state index contributed by atoms with van der Waals surface area (Å²) in [5.41, 5.74) is 3.77. The molecule has 0 saturated heterocycles. The Bertz CT molecular complexity index is 988. The highest BCUT2D eigenvalue weighted by Gasteiger charge is 2.17. The molecule has 0 unspecified atom stereocenters. The standard InChI is InChI=1S/C22H22N2O3/c1-4-27-21-14-17(10-12-19(21)25)11-13-20(26)22-15(2)23-24(16(22)3)18-8-6-5-7-9-18/h5-14,25H,4H2,1-3H3/b13-11+. The number of aryl methyl sites for hydroxylation is 1. The molecular formula is C22H22N2O3. The molecule has 0 fully saturated rings. The molecule has 0 bridgehead atoms. The van der Waals surface area contributed by atoms with Gasteiger partial charge in [0.05, 0.1) is 29.2 Å². The summed E-state index contributed by atoms with van der Waals surface area (Å²) >= 11 is 0. The van der Waals surface area contributed by atoms with Crippen molar-refractivity contribution in [1.82, 2.24) is 9.78 Å². The van der Waals surface area contributed by atoms with E-state index in [0.29, 0.717) is 23.6 Å². The van der Waals surface area contributed by atoms with E-state index < -0.39 is 0 Å². The molecule has 5 nitrogen and oxygen atoms in total. The molecule has 2 aromatic carbocycles. The Morgan fingerprint density at radius 1 is 1.19 bits per heavy atom. The number of aromatic nitrogens is 2. The Hall–Kier alpha value is -3.34. The number of para-hydroxylation sites is 1. The summed E-state index contributed by atoms with van der Waals surface area (Å²) in [4.78, 5) is 12.8. The highest BCUT2D eigenvalue weighted by molar-refractivity contribution is 6.08. The molecule has 1 heterocycles. The first-order chi connectivity index (χ1) is 13.0. The van der Waals surface area contributed by atoms with Gasteiger partial charge in [0.2, 0.25) is 0 Å². The van der Waals surface area contributed by atoms with Crippen LogP contribution in [0.25, 0.3) is 11.8 Å². The summed E-state index contributed by atoms with van der Waals surface area (Å²) in [5.74, 6) is 0.366. The quantitative estimate of drug-likeness (QED) is 0.518. The third-order valence-electron chi connectivity index (χ3n) is 4.25. The summed E-state index contributed by atoms with van der Waals surface area (Å²) in [6.45, 7) is 6.03. The first-order valence-corrected chi connectivity index (χ1v) is 8.81. The van der Waals surface area contributed by atoms with Crippen LogP contribution in [0.1, 0.15) is 34.2 Å². The van der Waals surface area contributed by atoms with Crippen molar-refractivity contribution in [3.63, 3.8) is 0 Å². The van der Waals surface area contributed by atoms with Gasteiger partial charge in [0.25, 0.3) is 0 Å².